The molecular weight excluding hydrogens is 776 g/mol. The van der Waals surface area contributed by atoms with E-state index in [1.165, 1.54) is 6.92 Å². The zero-order chi connectivity index (χ0) is 40.9. The van der Waals surface area contributed by atoms with Crippen LogP contribution in [0.2, 0.25) is 0 Å². The normalized spacial score (nSPS) is 44.6. The number of carboxylic acids is 1. The fraction of sp³-hybridized carbons (Fsp3) is 0.841. The number of fused-ring (bicyclic) bond motifs is 1. The maximum absolute atomic E-state index is 11.5. The molecule has 13 nitrogen and oxygen atoms in total. The Bertz CT molecular complexity index is 1510. The van der Waals surface area contributed by atoms with Crippen molar-refractivity contribution in [2.24, 2.45) is 17.8 Å². The van der Waals surface area contributed by atoms with Crippen LogP contribution in [0.1, 0.15) is 125 Å². The Hall–Kier alpha value is -0.114. The number of ether oxygens (including phenoxy) is 7. The van der Waals surface area contributed by atoms with E-state index in [0.717, 1.165) is 50.7 Å². The van der Waals surface area contributed by atoms with E-state index >= 15 is 0 Å². The van der Waals surface area contributed by atoms with Gasteiger partial charge in [-0.3, -0.25) is 0 Å². The van der Waals surface area contributed by atoms with Crippen molar-refractivity contribution in [1.82, 2.24) is 0 Å². The largest absolute Gasteiger partial charge is 1.00 e. The van der Waals surface area contributed by atoms with Gasteiger partial charge in [-0.1, -0.05) is 45.1 Å². The number of aliphatic hydroxyl groups is 4. The van der Waals surface area contributed by atoms with Crippen LogP contribution in [0.25, 0.3) is 0 Å². The van der Waals surface area contributed by atoms with E-state index < -0.39 is 71.7 Å². The summed E-state index contributed by atoms with van der Waals surface area (Å²) < 4.78 is 45.2. The first-order valence-electron chi connectivity index (χ1n) is 21.6. The Balaban J connectivity index is 0.00000567. The van der Waals surface area contributed by atoms with Crippen LogP contribution in [0.15, 0.2) is 36.0 Å². The quantitative estimate of drug-likeness (QED) is 0.180. The molecule has 17 atom stereocenters. The number of carbonyl (C=O) groups excluding carboxylic acids is 1. The van der Waals surface area contributed by atoms with Crippen LogP contribution in [0.5, 0.6) is 0 Å². The number of carbonyl (C=O) groups is 1. The van der Waals surface area contributed by atoms with Gasteiger partial charge in [0.2, 0.25) is 5.79 Å². The number of carboxylic acid groups (broad SMARTS) is 1. The summed E-state index contributed by atoms with van der Waals surface area (Å²) in [6, 6.07) is 0. The molecule has 7 aliphatic heterocycles. The third-order valence-corrected chi connectivity index (χ3v) is 14.0. The van der Waals surface area contributed by atoms with Crippen LogP contribution in [-0.4, -0.2) is 117 Å². The Labute approximate surface area is 386 Å². The Morgan fingerprint density at radius 3 is 2.48 bits per heavy atom. The van der Waals surface area contributed by atoms with Crippen LogP contribution in [-0.2, 0) is 38.0 Å². The zero-order valence-electron chi connectivity index (χ0n) is 35.5. The van der Waals surface area contributed by atoms with Gasteiger partial charge in [-0.05, 0) is 95.1 Å². The summed E-state index contributed by atoms with van der Waals surface area (Å²) in [6.45, 7) is 14.4. The van der Waals surface area contributed by atoms with Gasteiger partial charge in [0.25, 0.3) is 0 Å². The van der Waals surface area contributed by atoms with Gasteiger partial charge in [-0.2, -0.15) is 0 Å². The number of hydrogen-bond acceptors (Lipinski definition) is 13. The molecule has 7 rings (SSSR count). The van der Waals surface area contributed by atoms with Gasteiger partial charge in [-0.25, -0.2) is 0 Å². The topological polar surface area (TPSA) is 186 Å². The molecule has 0 amide bonds. The predicted octanol–water partition coefficient (Wildman–Crippen LogP) is 0.883. The molecule has 6 saturated heterocycles. The molecule has 0 radical (unpaired) electrons. The van der Waals surface area contributed by atoms with E-state index in [0.29, 0.717) is 56.4 Å². The smallest absolute Gasteiger partial charge is 0.547 e. The van der Waals surface area contributed by atoms with Crippen molar-refractivity contribution in [1.29, 1.82) is 0 Å². The van der Waals surface area contributed by atoms with Crippen molar-refractivity contribution >= 4 is 5.97 Å². The van der Waals surface area contributed by atoms with E-state index in [1.807, 2.05) is 26.0 Å². The molecule has 0 aliphatic carbocycles. The Kier molecular flexibility index (Phi) is 15.5. The van der Waals surface area contributed by atoms with Crippen LogP contribution in [0, 0.1) is 17.8 Å². The van der Waals surface area contributed by atoms with Crippen LogP contribution in [0.3, 0.4) is 0 Å². The average Bonchev–Trinajstić information content (AvgIpc) is 3.56. The van der Waals surface area contributed by atoms with Crippen LogP contribution >= 0.6 is 0 Å². The predicted molar refractivity (Wildman–Crippen MR) is 205 cm³/mol. The standard InChI is InChI=1S/C44H68O13.K/c1-25-21-34(55-44(23-25)35(46)12-11-31(54-44)24-41(6,50)40(48)49)26(2)9-10-30-14-18-43(53-30)19-15-33-39(57-43)36(47)29(5)38(52-33)32(45)22-28(4)37-27(3)13-17-42(56-37)16-7-8-20-51-42;/h9-10,23,26-28,30-39,45-47,50H,5,7-8,11-22,24H2,1-4,6H3,(H,48,49);/q;+1/p-1/b10-9+;/t26-,27-,28+,30+,31+,32+,33-,34-,35?,36-,37+,38-,39-,41-,42+,43-,44-;/m1./s1. The first kappa shape index (κ1) is 47.4. The Morgan fingerprint density at radius 1 is 1.02 bits per heavy atom. The Morgan fingerprint density at radius 2 is 1.76 bits per heavy atom. The van der Waals surface area contributed by atoms with Crippen molar-refractivity contribution in [2.75, 3.05) is 6.61 Å². The van der Waals surface area contributed by atoms with Gasteiger partial charge in [-0.15, -0.1) is 0 Å². The number of aliphatic carboxylic acids is 1. The van der Waals surface area contributed by atoms with Crippen molar-refractivity contribution in [3.63, 3.8) is 0 Å². The van der Waals surface area contributed by atoms with Gasteiger partial charge < -0.3 is 63.5 Å². The van der Waals surface area contributed by atoms with E-state index in [2.05, 4.69) is 20.4 Å². The number of aliphatic hydroxyl groups excluding tert-OH is 3. The molecule has 322 valence electrons. The monoisotopic (exact) mass is 842 g/mol. The molecule has 0 aromatic rings. The summed E-state index contributed by atoms with van der Waals surface area (Å²) >= 11 is 0. The average molecular weight is 843 g/mol. The van der Waals surface area contributed by atoms with E-state index in [4.69, 9.17) is 33.2 Å². The maximum Gasteiger partial charge on any atom is 1.00 e. The third-order valence-electron chi connectivity index (χ3n) is 14.0. The van der Waals surface area contributed by atoms with E-state index in [-0.39, 0.29) is 88.0 Å². The molecule has 4 N–H and O–H groups in total. The molecular formula is C44H67KO13. The summed E-state index contributed by atoms with van der Waals surface area (Å²) in [4.78, 5) is 11.5. The van der Waals surface area contributed by atoms with Crippen molar-refractivity contribution in [2.45, 2.75) is 209 Å². The van der Waals surface area contributed by atoms with Crippen LogP contribution in [0.4, 0.5) is 0 Å². The second kappa shape index (κ2) is 18.9. The van der Waals surface area contributed by atoms with Gasteiger partial charge in [0.1, 0.15) is 30.0 Å². The maximum atomic E-state index is 11.5. The van der Waals surface area contributed by atoms with Gasteiger partial charge in [0.15, 0.2) is 11.6 Å². The van der Waals surface area contributed by atoms with Crippen molar-refractivity contribution in [3.05, 3.63) is 36.0 Å². The van der Waals surface area contributed by atoms with Gasteiger partial charge >= 0.3 is 51.4 Å². The molecule has 0 saturated carbocycles. The van der Waals surface area contributed by atoms with E-state index in [1.54, 1.807) is 6.08 Å². The summed E-state index contributed by atoms with van der Waals surface area (Å²) in [5, 5.41) is 56.0. The fourth-order valence-electron chi connectivity index (χ4n) is 10.5. The molecule has 1 unspecified atom stereocenters. The first-order chi connectivity index (χ1) is 26.9. The minimum Gasteiger partial charge on any atom is -0.547 e. The molecule has 7 heterocycles. The molecule has 14 heteroatoms. The first-order valence-corrected chi connectivity index (χ1v) is 21.6. The zero-order valence-corrected chi connectivity index (χ0v) is 38.6. The summed E-state index contributed by atoms with van der Waals surface area (Å²) in [7, 11) is 0. The van der Waals surface area contributed by atoms with Gasteiger partial charge in [0, 0.05) is 38.0 Å². The molecule has 3 spiro atoms. The third kappa shape index (κ3) is 10.1. The summed E-state index contributed by atoms with van der Waals surface area (Å²) in [5.41, 5.74) is -0.677. The van der Waals surface area contributed by atoms with Crippen molar-refractivity contribution in [3.8, 4) is 0 Å². The molecule has 0 bridgehead atoms. The SMILES string of the molecule is C=C1[C@@H](O)[C@@H]2O[C@]3(CC[C@H](/C=C/[C@@H](C)[C@H]4CC(C)=C[C@@]5(O[C@H](C[C@@](C)(O)C(=O)[O-])CCC5O)O4)O3)CC[C@H]2O[C@H]1[C@@H](O)C[C@H](C)[C@H]1O[C@@]2(CCCCO2)CC[C@H]1C.[K+]. The second-order valence-corrected chi connectivity index (χ2v) is 18.9. The van der Waals surface area contributed by atoms with Crippen LogP contribution < -0.4 is 56.5 Å². The molecule has 58 heavy (non-hydrogen) atoms. The number of rotatable bonds is 10. The number of hydrogen-bond donors (Lipinski definition) is 4. The molecule has 0 aromatic carbocycles. The minimum absolute atomic E-state index is 0. The second-order valence-electron chi connectivity index (χ2n) is 18.9. The minimum atomic E-state index is -2.07. The summed E-state index contributed by atoms with van der Waals surface area (Å²) in [6.07, 6.45) is 9.10. The molecule has 7 aliphatic rings. The molecule has 6 fully saturated rings. The van der Waals surface area contributed by atoms with E-state index in [9.17, 15) is 30.3 Å². The fourth-order valence-corrected chi connectivity index (χ4v) is 10.5. The van der Waals surface area contributed by atoms with Gasteiger partial charge in [0.05, 0.1) is 49.2 Å². The summed E-state index contributed by atoms with van der Waals surface area (Å²) in [5.74, 6) is -4.11. The van der Waals surface area contributed by atoms with Crippen molar-refractivity contribution < 1.29 is 115 Å². The molecule has 0 aromatic heterocycles.